The Morgan fingerprint density at radius 1 is 1.19 bits per heavy atom. The van der Waals surface area contributed by atoms with Gasteiger partial charge >= 0.3 is 0 Å². The fourth-order valence-electron chi connectivity index (χ4n) is 2.49. The van der Waals surface area contributed by atoms with E-state index in [1.54, 1.807) is 0 Å². The number of rotatable bonds is 2. The highest BCUT2D eigenvalue weighted by atomic mass is 15.2. The van der Waals surface area contributed by atoms with E-state index >= 15 is 0 Å². The Kier molecular flexibility index (Phi) is 3.49. The number of hydrogen-bond acceptors (Lipinski definition) is 2. The van der Waals surface area contributed by atoms with Crippen LogP contribution in [0, 0.1) is 5.92 Å². The number of benzene rings is 1. The Morgan fingerprint density at radius 3 is 2.56 bits per heavy atom. The summed E-state index contributed by atoms with van der Waals surface area (Å²) in [6, 6.07) is 11.8. The van der Waals surface area contributed by atoms with Crippen LogP contribution >= 0.6 is 0 Å². The third kappa shape index (κ3) is 2.56. The van der Waals surface area contributed by atoms with Crippen LogP contribution in [0.15, 0.2) is 30.3 Å². The number of likely N-dealkylation sites (tertiary alicyclic amines) is 1. The van der Waals surface area contributed by atoms with Crippen molar-refractivity contribution in [3.63, 3.8) is 0 Å². The van der Waals surface area contributed by atoms with Crippen LogP contribution in [-0.2, 0) is 0 Å². The molecule has 0 aromatic heterocycles. The molecule has 1 aromatic rings. The molecular formula is C14H22N2. The maximum Gasteiger partial charge on any atom is 0.0342 e. The number of hydrogen-bond donors (Lipinski definition) is 1. The van der Waals surface area contributed by atoms with Gasteiger partial charge < -0.3 is 10.2 Å². The van der Waals surface area contributed by atoms with Crippen molar-refractivity contribution < 1.29 is 0 Å². The molecule has 0 radical (unpaired) electrons. The first-order chi connectivity index (χ1) is 7.66. The van der Waals surface area contributed by atoms with E-state index in [0.717, 1.165) is 0 Å². The van der Waals surface area contributed by atoms with Crippen LogP contribution in [0.4, 0.5) is 5.69 Å². The highest BCUT2D eigenvalue weighted by molar-refractivity contribution is 5.43. The second-order valence-electron chi connectivity index (χ2n) is 5.12. The lowest BCUT2D eigenvalue weighted by molar-refractivity contribution is 0.145. The molecule has 1 fully saturated rings. The summed E-state index contributed by atoms with van der Waals surface area (Å²) in [6.07, 6.45) is 1.23. The molecule has 0 unspecified atom stereocenters. The van der Waals surface area contributed by atoms with E-state index in [1.807, 2.05) is 0 Å². The van der Waals surface area contributed by atoms with Gasteiger partial charge in [0.1, 0.15) is 0 Å². The van der Waals surface area contributed by atoms with Crippen molar-refractivity contribution in [2.45, 2.75) is 32.4 Å². The summed E-state index contributed by atoms with van der Waals surface area (Å²) in [5.41, 5.74) is 1.25. The summed E-state index contributed by atoms with van der Waals surface area (Å²) in [7, 11) is 2.22. The largest absolute Gasteiger partial charge is 0.382 e. The van der Waals surface area contributed by atoms with Crippen LogP contribution < -0.4 is 5.32 Å². The van der Waals surface area contributed by atoms with E-state index < -0.39 is 0 Å². The fourth-order valence-corrected chi connectivity index (χ4v) is 2.49. The lowest BCUT2D eigenvalue weighted by atomic mass is 9.89. The van der Waals surface area contributed by atoms with E-state index in [4.69, 9.17) is 0 Å². The zero-order chi connectivity index (χ0) is 11.5. The lowest BCUT2D eigenvalue weighted by Gasteiger charge is -2.40. The summed E-state index contributed by atoms with van der Waals surface area (Å²) in [6.45, 7) is 5.83. The molecule has 1 aromatic carbocycles. The number of nitrogens with one attached hydrogen (secondary N) is 1. The SMILES string of the molecule is C[C@@H]1CN(C)[C@@H](C)C[C@@H]1Nc1ccccc1. The molecule has 0 saturated carbocycles. The van der Waals surface area contributed by atoms with Crippen LogP contribution in [0.3, 0.4) is 0 Å². The third-order valence-electron chi connectivity index (χ3n) is 3.74. The van der Waals surface area contributed by atoms with Gasteiger partial charge in [-0.2, -0.15) is 0 Å². The lowest BCUT2D eigenvalue weighted by Crippen LogP contribution is -2.48. The van der Waals surface area contributed by atoms with Gasteiger partial charge in [-0.3, -0.25) is 0 Å². The van der Waals surface area contributed by atoms with Gasteiger partial charge in [-0.15, -0.1) is 0 Å². The Labute approximate surface area is 98.7 Å². The van der Waals surface area contributed by atoms with E-state index in [0.29, 0.717) is 18.0 Å². The molecular weight excluding hydrogens is 196 g/mol. The molecule has 3 atom stereocenters. The van der Waals surface area contributed by atoms with Crippen LogP contribution in [0.2, 0.25) is 0 Å². The van der Waals surface area contributed by atoms with Crippen molar-refractivity contribution in [1.82, 2.24) is 4.90 Å². The van der Waals surface area contributed by atoms with Gasteiger partial charge in [-0.25, -0.2) is 0 Å². The second-order valence-corrected chi connectivity index (χ2v) is 5.12. The molecule has 1 saturated heterocycles. The molecule has 88 valence electrons. The summed E-state index contributed by atoms with van der Waals surface area (Å²) in [5.74, 6) is 0.710. The van der Waals surface area contributed by atoms with Gasteiger partial charge in [0.25, 0.3) is 0 Å². The minimum Gasteiger partial charge on any atom is -0.382 e. The van der Waals surface area contributed by atoms with E-state index in [1.165, 1.54) is 18.7 Å². The predicted octanol–water partition coefficient (Wildman–Crippen LogP) is 2.83. The van der Waals surface area contributed by atoms with Gasteiger partial charge in [0.2, 0.25) is 0 Å². The molecule has 0 bridgehead atoms. The first-order valence-electron chi connectivity index (χ1n) is 6.18. The summed E-state index contributed by atoms with van der Waals surface area (Å²) in [5, 5.41) is 3.65. The number of anilines is 1. The predicted molar refractivity (Wildman–Crippen MR) is 69.7 cm³/mol. The Morgan fingerprint density at radius 2 is 1.88 bits per heavy atom. The van der Waals surface area contributed by atoms with Gasteiger partial charge in [-0.1, -0.05) is 25.1 Å². The van der Waals surface area contributed by atoms with Gasteiger partial charge in [0, 0.05) is 24.3 Å². The molecule has 1 heterocycles. The quantitative estimate of drug-likeness (QED) is 0.821. The molecule has 1 N–H and O–H groups in total. The smallest absolute Gasteiger partial charge is 0.0342 e. The van der Waals surface area contributed by atoms with Crippen molar-refractivity contribution in [3.05, 3.63) is 30.3 Å². The molecule has 2 nitrogen and oxygen atoms in total. The standard InChI is InChI=1S/C14H22N2/c1-11-10-16(3)12(2)9-14(11)15-13-7-5-4-6-8-13/h4-8,11-12,14-15H,9-10H2,1-3H3/t11-,12+,14+/m1/s1. The van der Waals surface area contributed by atoms with Crippen LogP contribution in [0.1, 0.15) is 20.3 Å². The minimum absolute atomic E-state index is 0.605. The van der Waals surface area contributed by atoms with Crippen molar-refractivity contribution in [2.75, 3.05) is 18.9 Å². The van der Waals surface area contributed by atoms with Crippen molar-refractivity contribution in [2.24, 2.45) is 5.92 Å². The minimum atomic E-state index is 0.605. The molecule has 1 aliphatic heterocycles. The number of para-hydroxylation sites is 1. The van der Waals surface area contributed by atoms with Crippen LogP contribution in [0.25, 0.3) is 0 Å². The Balaban J connectivity index is 2.00. The van der Waals surface area contributed by atoms with Gasteiger partial charge in [0.15, 0.2) is 0 Å². The third-order valence-corrected chi connectivity index (χ3v) is 3.74. The molecule has 2 heteroatoms. The van der Waals surface area contributed by atoms with Gasteiger partial charge in [0.05, 0.1) is 0 Å². The van der Waals surface area contributed by atoms with Crippen molar-refractivity contribution >= 4 is 5.69 Å². The molecule has 2 rings (SSSR count). The normalized spacial score (nSPS) is 31.3. The molecule has 0 amide bonds. The van der Waals surface area contributed by atoms with E-state index in [-0.39, 0.29) is 0 Å². The Bertz CT molecular complexity index is 323. The topological polar surface area (TPSA) is 15.3 Å². The van der Waals surface area contributed by atoms with E-state index in [2.05, 4.69) is 61.4 Å². The first-order valence-corrected chi connectivity index (χ1v) is 6.18. The zero-order valence-electron chi connectivity index (χ0n) is 10.5. The fraction of sp³-hybridized carbons (Fsp3) is 0.571. The number of piperidine rings is 1. The summed E-state index contributed by atoms with van der Waals surface area (Å²) >= 11 is 0. The molecule has 16 heavy (non-hydrogen) atoms. The first kappa shape index (κ1) is 11.5. The molecule has 0 aliphatic carbocycles. The summed E-state index contributed by atoms with van der Waals surface area (Å²) in [4.78, 5) is 2.45. The average Bonchev–Trinajstić information content (AvgIpc) is 2.27. The maximum atomic E-state index is 3.65. The maximum absolute atomic E-state index is 3.65. The zero-order valence-corrected chi connectivity index (χ0v) is 10.5. The molecule has 1 aliphatic rings. The van der Waals surface area contributed by atoms with E-state index in [9.17, 15) is 0 Å². The van der Waals surface area contributed by atoms with Gasteiger partial charge in [-0.05, 0) is 38.4 Å². The van der Waals surface area contributed by atoms with Crippen molar-refractivity contribution in [3.8, 4) is 0 Å². The monoisotopic (exact) mass is 218 g/mol. The average molecular weight is 218 g/mol. The van der Waals surface area contributed by atoms with Crippen LogP contribution in [0.5, 0.6) is 0 Å². The molecule has 0 spiro atoms. The highest BCUT2D eigenvalue weighted by Gasteiger charge is 2.28. The van der Waals surface area contributed by atoms with Crippen molar-refractivity contribution in [1.29, 1.82) is 0 Å². The summed E-state index contributed by atoms with van der Waals surface area (Å²) < 4.78 is 0. The number of nitrogens with zero attached hydrogens (tertiary/aromatic N) is 1. The van der Waals surface area contributed by atoms with Crippen LogP contribution in [-0.4, -0.2) is 30.6 Å². The highest BCUT2D eigenvalue weighted by Crippen LogP contribution is 2.23. The Hall–Kier alpha value is -1.02. The second kappa shape index (κ2) is 4.88.